The van der Waals surface area contributed by atoms with Gasteiger partial charge in [0, 0.05) is 12.4 Å². The van der Waals surface area contributed by atoms with Crippen molar-refractivity contribution in [1.82, 2.24) is 9.78 Å². The lowest BCUT2D eigenvalue weighted by atomic mass is 10.1. The summed E-state index contributed by atoms with van der Waals surface area (Å²) in [6.07, 6.45) is -1.96. The summed E-state index contributed by atoms with van der Waals surface area (Å²) in [5.74, 6) is -1.41. The van der Waals surface area contributed by atoms with Gasteiger partial charge in [-0.2, -0.15) is 18.3 Å². The molecule has 0 amide bonds. The van der Waals surface area contributed by atoms with Crippen molar-refractivity contribution in [3.63, 3.8) is 0 Å². The fraction of sp³-hybridized carbons (Fsp3) is 0.0909. The third-order valence-electron chi connectivity index (χ3n) is 2.30. The van der Waals surface area contributed by atoms with Gasteiger partial charge < -0.3 is 5.11 Å². The Hall–Kier alpha value is -2.31. The summed E-state index contributed by atoms with van der Waals surface area (Å²) in [7, 11) is 0. The number of hydrogen-bond donors (Lipinski definition) is 1. The molecule has 0 saturated heterocycles. The molecule has 0 radical (unpaired) electrons. The molecule has 1 aromatic carbocycles. The summed E-state index contributed by atoms with van der Waals surface area (Å²) < 4.78 is 39.6. The van der Waals surface area contributed by atoms with Crippen LogP contribution in [0.4, 0.5) is 13.2 Å². The Labute approximate surface area is 99.3 Å². The third-order valence-corrected chi connectivity index (χ3v) is 2.30. The summed E-state index contributed by atoms with van der Waals surface area (Å²) in [5, 5.41) is 12.4. The first-order valence-electron chi connectivity index (χ1n) is 4.84. The molecule has 1 aromatic heterocycles. The predicted molar refractivity (Wildman–Crippen MR) is 55.5 cm³/mol. The van der Waals surface area contributed by atoms with Crippen LogP contribution in [-0.2, 0) is 6.18 Å². The molecule has 0 aliphatic heterocycles. The van der Waals surface area contributed by atoms with Crippen LogP contribution in [0.2, 0.25) is 0 Å². The maximum atomic E-state index is 12.8. The predicted octanol–water partition coefficient (Wildman–Crippen LogP) is 2.59. The molecule has 0 aliphatic rings. The van der Waals surface area contributed by atoms with E-state index >= 15 is 0 Å². The molecule has 0 bridgehead atoms. The molecular formula is C11H7F3N2O2. The minimum atomic E-state index is -4.65. The third kappa shape index (κ3) is 2.20. The van der Waals surface area contributed by atoms with Crippen LogP contribution in [0, 0.1) is 0 Å². The number of aromatic nitrogens is 2. The largest absolute Gasteiger partial charge is 0.478 e. The molecular weight excluding hydrogens is 249 g/mol. The van der Waals surface area contributed by atoms with Crippen molar-refractivity contribution in [2.75, 3.05) is 0 Å². The van der Waals surface area contributed by atoms with E-state index in [0.717, 1.165) is 16.8 Å². The number of aromatic carboxylic acids is 1. The van der Waals surface area contributed by atoms with Gasteiger partial charge in [0.25, 0.3) is 0 Å². The summed E-state index contributed by atoms with van der Waals surface area (Å²) in [6.45, 7) is 0. The molecule has 0 saturated carbocycles. The van der Waals surface area contributed by atoms with Gasteiger partial charge in [0.15, 0.2) is 0 Å². The van der Waals surface area contributed by atoms with E-state index < -0.39 is 23.3 Å². The summed E-state index contributed by atoms with van der Waals surface area (Å²) in [5.41, 5.74) is -1.66. The number of alkyl halides is 3. The van der Waals surface area contributed by atoms with Crippen molar-refractivity contribution in [2.45, 2.75) is 6.18 Å². The zero-order chi connectivity index (χ0) is 13.3. The van der Waals surface area contributed by atoms with Crippen molar-refractivity contribution in [3.8, 4) is 5.69 Å². The Balaban J connectivity index is 2.64. The van der Waals surface area contributed by atoms with Gasteiger partial charge in [0.05, 0.1) is 16.8 Å². The number of carbonyl (C=O) groups is 1. The smallest absolute Gasteiger partial charge is 0.418 e. The standard InChI is InChI=1S/C11H7F3N2O2/c12-11(13,14)8-6-7(10(17)18)2-3-9(8)16-5-1-4-15-16/h1-6H,(H,17,18). The molecule has 0 aliphatic carbocycles. The van der Waals surface area contributed by atoms with Crippen molar-refractivity contribution in [3.05, 3.63) is 47.8 Å². The average molecular weight is 256 g/mol. The van der Waals surface area contributed by atoms with Crippen LogP contribution in [-0.4, -0.2) is 20.9 Å². The second-order valence-corrected chi connectivity index (χ2v) is 3.49. The van der Waals surface area contributed by atoms with Gasteiger partial charge in [0.1, 0.15) is 0 Å². The second-order valence-electron chi connectivity index (χ2n) is 3.49. The van der Waals surface area contributed by atoms with Gasteiger partial charge in [-0.15, -0.1) is 0 Å². The second kappa shape index (κ2) is 4.17. The molecule has 1 N–H and O–H groups in total. The number of benzene rings is 1. The van der Waals surface area contributed by atoms with E-state index in [2.05, 4.69) is 5.10 Å². The topological polar surface area (TPSA) is 55.1 Å². The summed E-state index contributed by atoms with van der Waals surface area (Å²) in [4.78, 5) is 10.7. The molecule has 2 aromatic rings. The van der Waals surface area contributed by atoms with Crippen LogP contribution in [0.15, 0.2) is 36.7 Å². The molecule has 0 atom stereocenters. The Morgan fingerprint density at radius 3 is 2.56 bits per heavy atom. The van der Waals surface area contributed by atoms with E-state index in [9.17, 15) is 18.0 Å². The zero-order valence-corrected chi connectivity index (χ0v) is 8.85. The fourth-order valence-corrected chi connectivity index (χ4v) is 1.51. The van der Waals surface area contributed by atoms with Gasteiger partial charge in [-0.1, -0.05) is 0 Å². The first-order chi connectivity index (χ1) is 8.39. The Kier molecular flexibility index (Phi) is 2.82. The van der Waals surface area contributed by atoms with Crippen LogP contribution >= 0.6 is 0 Å². The van der Waals surface area contributed by atoms with E-state index in [1.54, 1.807) is 0 Å². The quantitative estimate of drug-likeness (QED) is 0.898. The van der Waals surface area contributed by atoms with Crippen molar-refractivity contribution < 1.29 is 23.1 Å². The molecule has 1 heterocycles. The van der Waals surface area contributed by atoms with Gasteiger partial charge in [-0.25, -0.2) is 9.48 Å². The molecule has 18 heavy (non-hydrogen) atoms. The first-order valence-corrected chi connectivity index (χ1v) is 4.84. The van der Waals surface area contributed by atoms with Crippen molar-refractivity contribution in [1.29, 1.82) is 0 Å². The van der Waals surface area contributed by atoms with E-state index in [1.807, 2.05) is 0 Å². The van der Waals surface area contributed by atoms with Crippen LogP contribution in [0.25, 0.3) is 5.69 Å². The number of carboxylic acid groups (broad SMARTS) is 1. The lowest BCUT2D eigenvalue weighted by molar-refractivity contribution is -0.137. The normalized spacial score (nSPS) is 11.5. The Bertz CT molecular complexity index is 576. The van der Waals surface area contributed by atoms with Gasteiger partial charge in [-0.3, -0.25) is 0 Å². The highest BCUT2D eigenvalue weighted by atomic mass is 19.4. The summed E-state index contributed by atoms with van der Waals surface area (Å²) >= 11 is 0. The molecule has 0 fully saturated rings. The Morgan fingerprint density at radius 2 is 2.06 bits per heavy atom. The minimum Gasteiger partial charge on any atom is -0.478 e. The fourth-order valence-electron chi connectivity index (χ4n) is 1.51. The summed E-state index contributed by atoms with van der Waals surface area (Å²) in [6, 6.07) is 4.26. The molecule has 2 rings (SSSR count). The first kappa shape index (κ1) is 12.2. The van der Waals surface area contributed by atoms with Crippen LogP contribution in [0.5, 0.6) is 0 Å². The number of halogens is 3. The molecule has 4 nitrogen and oxygen atoms in total. The monoisotopic (exact) mass is 256 g/mol. The van der Waals surface area contributed by atoms with E-state index in [-0.39, 0.29) is 5.69 Å². The van der Waals surface area contributed by atoms with E-state index in [1.165, 1.54) is 18.5 Å². The maximum absolute atomic E-state index is 12.8. The van der Waals surface area contributed by atoms with Crippen molar-refractivity contribution in [2.24, 2.45) is 0 Å². The molecule has 0 spiro atoms. The molecule has 94 valence electrons. The number of carboxylic acids is 1. The zero-order valence-electron chi connectivity index (χ0n) is 8.85. The van der Waals surface area contributed by atoms with Gasteiger partial charge in [-0.05, 0) is 24.3 Å². The highest BCUT2D eigenvalue weighted by Crippen LogP contribution is 2.34. The number of rotatable bonds is 2. The molecule has 0 unspecified atom stereocenters. The number of nitrogens with zero attached hydrogens (tertiary/aromatic N) is 2. The highest BCUT2D eigenvalue weighted by Gasteiger charge is 2.35. The SMILES string of the molecule is O=C(O)c1ccc(-n2cccn2)c(C(F)(F)F)c1. The van der Waals surface area contributed by atoms with E-state index in [4.69, 9.17) is 5.11 Å². The van der Waals surface area contributed by atoms with Crippen LogP contribution < -0.4 is 0 Å². The van der Waals surface area contributed by atoms with Gasteiger partial charge >= 0.3 is 12.1 Å². The molecule has 7 heteroatoms. The average Bonchev–Trinajstić information content (AvgIpc) is 2.80. The highest BCUT2D eigenvalue weighted by molar-refractivity contribution is 5.88. The minimum absolute atomic E-state index is 0.211. The number of hydrogen-bond acceptors (Lipinski definition) is 2. The van der Waals surface area contributed by atoms with Crippen LogP contribution in [0.3, 0.4) is 0 Å². The Morgan fingerprint density at radius 1 is 1.33 bits per heavy atom. The van der Waals surface area contributed by atoms with Gasteiger partial charge in [0.2, 0.25) is 0 Å². The maximum Gasteiger partial charge on any atom is 0.418 e. The van der Waals surface area contributed by atoms with Crippen LogP contribution in [0.1, 0.15) is 15.9 Å². The lowest BCUT2D eigenvalue weighted by Crippen LogP contribution is -2.13. The van der Waals surface area contributed by atoms with E-state index in [0.29, 0.717) is 6.07 Å². The lowest BCUT2D eigenvalue weighted by Gasteiger charge is -2.13. The van der Waals surface area contributed by atoms with Crippen molar-refractivity contribution >= 4 is 5.97 Å².